The Hall–Kier alpha value is -1.95. The van der Waals surface area contributed by atoms with E-state index >= 15 is 0 Å². The molecule has 0 spiro atoms. The van der Waals surface area contributed by atoms with Crippen molar-refractivity contribution < 1.29 is 29.0 Å². The Morgan fingerprint density at radius 3 is 2.62 bits per heavy atom. The third-order valence-electron chi connectivity index (χ3n) is 6.58. The number of aliphatic hydroxyl groups is 1. The summed E-state index contributed by atoms with van der Waals surface area (Å²) in [5.74, 6) is -1.65. The van der Waals surface area contributed by atoms with Crippen LogP contribution in [0, 0.1) is 11.3 Å². The Morgan fingerprint density at radius 1 is 1.35 bits per heavy atom. The molecule has 0 aromatic carbocycles. The normalized spacial score (nSPS) is 40.1. The smallest absolute Gasteiger partial charge is 0.351 e. The summed E-state index contributed by atoms with van der Waals surface area (Å²) in [5, 5.41) is 10.5. The van der Waals surface area contributed by atoms with E-state index in [-0.39, 0.29) is 18.1 Å². The number of ether oxygens (including phenoxy) is 2. The van der Waals surface area contributed by atoms with Crippen LogP contribution in [0.1, 0.15) is 53.9 Å². The van der Waals surface area contributed by atoms with Crippen LogP contribution < -0.4 is 0 Å². The minimum atomic E-state index is -1.40. The molecule has 1 heterocycles. The van der Waals surface area contributed by atoms with E-state index < -0.39 is 35.2 Å². The van der Waals surface area contributed by atoms with E-state index in [0.717, 1.165) is 0 Å². The monoisotopic (exact) mass is 362 g/mol. The third kappa shape index (κ3) is 2.46. The number of carbonyl (C=O) groups excluding carboxylic acids is 3. The molecule has 1 saturated heterocycles. The van der Waals surface area contributed by atoms with Crippen molar-refractivity contribution in [3.63, 3.8) is 0 Å². The summed E-state index contributed by atoms with van der Waals surface area (Å²) >= 11 is 0. The Balaban J connectivity index is 2.02. The molecule has 1 aliphatic heterocycles. The lowest BCUT2D eigenvalue weighted by Crippen LogP contribution is -2.52. The van der Waals surface area contributed by atoms with Crippen molar-refractivity contribution in [1.82, 2.24) is 0 Å². The van der Waals surface area contributed by atoms with E-state index in [1.807, 2.05) is 6.92 Å². The number of fused-ring (bicyclic) bond motifs is 3. The van der Waals surface area contributed by atoms with Crippen molar-refractivity contribution in [2.45, 2.75) is 71.7 Å². The summed E-state index contributed by atoms with van der Waals surface area (Å²) in [6.07, 6.45) is 1.43. The molecule has 6 heteroatoms. The van der Waals surface area contributed by atoms with Gasteiger partial charge in [0.1, 0.15) is 6.10 Å². The first-order chi connectivity index (χ1) is 12.1. The summed E-state index contributed by atoms with van der Waals surface area (Å²) in [4.78, 5) is 37.2. The fraction of sp³-hybridized carbons (Fsp3) is 0.650. The topological polar surface area (TPSA) is 89.9 Å². The van der Waals surface area contributed by atoms with Gasteiger partial charge in [-0.3, -0.25) is 4.79 Å². The van der Waals surface area contributed by atoms with Crippen LogP contribution in [0.4, 0.5) is 0 Å². The van der Waals surface area contributed by atoms with Gasteiger partial charge < -0.3 is 14.6 Å². The Kier molecular flexibility index (Phi) is 4.38. The predicted octanol–water partition coefficient (Wildman–Crippen LogP) is 2.25. The average molecular weight is 362 g/mol. The van der Waals surface area contributed by atoms with Crippen molar-refractivity contribution in [1.29, 1.82) is 0 Å². The zero-order chi connectivity index (χ0) is 19.4. The van der Waals surface area contributed by atoms with Gasteiger partial charge in [-0.25, -0.2) is 9.59 Å². The summed E-state index contributed by atoms with van der Waals surface area (Å²) < 4.78 is 11.2. The van der Waals surface area contributed by atoms with Gasteiger partial charge in [-0.1, -0.05) is 13.0 Å². The largest absolute Gasteiger partial charge is 0.454 e. The number of hydrogen-bond donors (Lipinski definition) is 1. The molecule has 0 bridgehead atoms. The minimum absolute atomic E-state index is 0.0872. The van der Waals surface area contributed by atoms with Gasteiger partial charge in [0.25, 0.3) is 0 Å². The molecule has 0 unspecified atom stereocenters. The number of rotatable bonds is 2. The molecule has 3 aliphatic rings. The second-order valence-electron chi connectivity index (χ2n) is 8.04. The Bertz CT molecular complexity index is 747. The van der Waals surface area contributed by atoms with Crippen molar-refractivity contribution in [3.05, 3.63) is 22.8 Å². The first-order valence-corrected chi connectivity index (χ1v) is 9.06. The van der Waals surface area contributed by atoms with Crippen LogP contribution >= 0.6 is 0 Å². The third-order valence-corrected chi connectivity index (χ3v) is 6.58. The van der Waals surface area contributed by atoms with Crippen molar-refractivity contribution >= 4 is 17.7 Å². The highest BCUT2D eigenvalue weighted by Crippen LogP contribution is 2.56. The molecule has 0 aromatic heterocycles. The van der Waals surface area contributed by atoms with Gasteiger partial charge in [0, 0.05) is 17.4 Å². The first kappa shape index (κ1) is 18.8. The van der Waals surface area contributed by atoms with Gasteiger partial charge in [-0.05, 0) is 51.7 Å². The van der Waals surface area contributed by atoms with Crippen LogP contribution in [0.25, 0.3) is 0 Å². The highest BCUT2D eigenvalue weighted by molar-refractivity contribution is 5.98. The van der Waals surface area contributed by atoms with E-state index in [9.17, 15) is 19.5 Å². The van der Waals surface area contributed by atoms with Crippen molar-refractivity contribution in [2.24, 2.45) is 11.3 Å². The second-order valence-corrected chi connectivity index (χ2v) is 8.04. The van der Waals surface area contributed by atoms with Gasteiger partial charge in [0.2, 0.25) is 5.60 Å². The predicted molar refractivity (Wildman–Crippen MR) is 93.0 cm³/mol. The number of carbonyl (C=O) groups is 3. The molecule has 2 fully saturated rings. The van der Waals surface area contributed by atoms with E-state index in [1.54, 1.807) is 33.8 Å². The molecule has 6 nitrogen and oxygen atoms in total. The van der Waals surface area contributed by atoms with Crippen LogP contribution in [0.15, 0.2) is 22.8 Å². The minimum Gasteiger partial charge on any atom is -0.454 e. The molecule has 0 aromatic rings. The number of esters is 2. The number of hydrogen-bond acceptors (Lipinski definition) is 6. The molecule has 26 heavy (non-hydrogen) atoms. The standard InChI is InChI=1S/C20H26O6/c1-6-10(2)17(23)26-20(5)12-7-8-19(4)14(22)9-13(21)11(3)15(19)16(12)25-18(20)24/h6,12,14,16,22H,7-9H2,1-5H3/b10-6-/t12-,14+,16-,19-,20+/m1/s1. The molecule has 142 valence electrons. The SMILES string of the molecule is C/C=C(/C)C(=O)O[C@]1(C)C(=O)O[C@H]2C3=C(C)C(=O)C[C@H](O)[C@@]3(C)CC[C@H]21. The maximum absolute atomic E-state index is 12.7. The highest BCUT2D eigenvalue weighted by Gasteiger charge is 2.64. The summed E-state index contributed by atoms with van der Waals surface area (Å²) in [5.41, 5.74) is -0.337. The highest BCUT2D eigenvalue weighted by atomic mass is 16.6. The fourth-order valence-corrected chi connectivity index (χ4v) is 4.56. The molecule has 2 aliphatic carbocycles. The van der Waals surface area contributed by atoms with Crippen LogP contribution in [-0.4, -0.2) is 40.6 Å². The summed E-state index contributed by atoms with van der Waals surface area (Å²) in [7, 11) is 0. The number of ketones is 1. The molecular formula is C20H26O6. The Morgan fingerprint density at radius 2 is 2.00 bits per heavy atom. The molecule has 1 saturated carbocycles. The molecule has 5 atom stereocenters. The Labute approximate surface area is 153 Å². The molecule has 1 N–H and O–H groups in total. The van der Waals surface area contributed by atoms with Gasteiger partial charge in [0.05, 0.1) is 12.0 Å². The summed E-state index contributed by atoms with van der Waals surface area (Å²) in [6, 6.07) is 0. The first-order valence-electron chi connectivity index (χ1n) is 9.06. The van der Waals surface area contributed by atoms with Gasteiger partial charge >= 0.3 is 11.9 Å². The lowest BCUT2D eigenvalue weighted by atomic mass is 9.57. The lowest BCUT2D eigenvalue weighted by Gasteiger charge is -2.48. The van der Waals surface area contributed by atoms with E-state index in [0.29, 0.717) is 29.6 Å². The molecule has 0 amide bonds. The number of allylic oxidation sites excluding steroid dienone is 2. The van der Waals surface area contributed by atoms with E-state index in [2.05, 4.69) is 0 Å². The maximum Gasteiger partial charge on any atom is 0.351 e. The fourth-order valence-electron chi connectivity index (χ4n) is 4.56. The van der Waals surface area contributed by atoms with Gasteiger partial charge in [0.15, 0.2) is 5.78 Å². The average Bonchev–Trinajstić information content (AvgIpc) is 2.82. The maximum atomic E-state index is 12.7. The van der Waals surface area contributed by atoms with Crippen LogP contribution in [0.5, 0.6) is 0 Å². The quantitative estimate of drug-likeness (QED) is 0.598. The second kappa shape index (κ2) is 6.05. The van der Waals surface area contributed by atoms with Gasteiger partial charge in [-0.2, -0.15) is 0 Å². The van der Waals surface area contributed by atoms with E-state index in [4.69, 9.17) is 9.47 Å². The molecular weight excluding hydrogens is 336 g/mol. The number of aliphatic hydroxyl groups excluding tert-OH is 1. The van der Waals surface area contributed by atoms with E-state index in [1.165, 1.54) is 0 Å². The zero-order valence-corrected chi connectivity index (χ0v) is 15.9. The van der Waals surface area contributed by atoms with Crippen LogP contribution in [0.2, 0.25) is 0 Å². The van der Waals surface area contributed by atoms with Crippen molar-refractivity contribution in [2.75, 3.05) is 0 Å². The lowest BCUT2D eigenvalue weighted by molar-refractivity contribution is -0.170. The summed E-state index contributed by atoms with van der Waals surface area (Å²) in [6.45, 7) is 8.58. The van der Waals surface area contributed by atoms with Gasteiger partial charge in [-0.15, -0.1) is 0 Å². The van der Waals surface area contributed by atoms with Crippen molar-refractivity contribution in [3.8, 4) is 0 Å². The molecule has 0 radical (unpaired) electrons. The number of Topliss-reactive ketones (excluding diaryl/α,β-unsaturated/α-hetero) is 1. The zero-order valence-electron chi connectivity index (χ0n) is 15.9. The molecule has 3 rings (SSSR count). The van der Waals surface area contributed by atoms with Crippen LogP contribution in [0.3, 0.4) is 0 Å². The van der Waals surface area contributed by atoms with Crippen LogP contribution in [-0.2, 0) is 23.9 Å².